The van der Waals surface area contributed by atoms with Crippen LogP contribution in [0.3, 0.4) is 0 Å². The van der Waals surface area contributed by atoms with Crippen molar-refractivity contribution in [2.45, 2.75) is 26.0 Å². The van der Waals surface area contributed by atoms with E-state index in [2.05, 4.69) is 38.0 Å². The predicted octanol–water partition coefficient (Wildman–Crippen LogP) is 2.76. The molecular formula is C13H16BrN3O2S. The Hall–Kier alpha value is -0.760. The molecule has 2 aromatic heterocycles. The minimum atomic E-state index is -0.264. The minimum absolute atomic E-state index is 0.264. The standard InChI is InChI=1S/C13H16BrN3O2S/c1-8-4-5-17(6-9(8)18)7-12-15-16-13(19-12)10-2-3-11(14)20-10/h2-3,8-9,18H,4-7H2,1H3. The molecule has 1 N–H and O–H groups in total. The van der Waals surface area contributed by atoms with Gasteiger partial charge >= 0.3 is 0 Å². The summed E-state index contributed by atoms with van der Waals surface area (Å²) in [5.74, 6) is 1.53. The van der Waals surface area contributed by atoms with E-state index in [4.69, 9.17) is 4.42 Å². The SMILES string of the molecule is CC1CCN(Cc2nnc(-c3ccc(Br)s3)o2)CC1O. The van der Waals surface area contributed by atoms with Crippen LogP contribution in [0.4, 0.5) is 0 Å². The summed E-state index contributed by atoms with van der Waals surface area (Å²) in [6.45, 7) is 4.31. The van der Waals surface area contributed by atoms with Gasteiger partial charge in [-0.15, -0.1) is 21.5 Å². The van der Waals surface area contributed by atoms with Crippen LogP contribution in [-0.4, -0.2) is 39.4 Å². The van der Waals surface area contributed by atoms with Gasteiger partial charge in [-0.05, 0) is 46.9 Å². The second kappa shape index (κ2) is 5.93. The second-order valence-electron chi connectivity index (χ2n) is 5.17. The van der Waals surface area contributed by atoms with Crippen LogP contribution in [0, 0.1) is 5.92 Å². The summed E-state index contributed by atoms with van der Waals surface area (Å²) in [6, 6.07) is 3.92. The lowest BCUT2D eigenvalue weighted by Crippen LogP contribution is -2.42. The highest BCUT2D eigenvalue weighted by molar-refractivity contribution is 9.11. The van der Waals surface area contributed by atoms with Gasteiger partial charge in [-0.3, -0.25) is 4.90 Å². The summed E-state index contributed by atoms with van der Waals surface area (Å²) in [5.41, 5.74) is 0. The summed E-state index contributed by atoms with van der Waals surface area (Å²) in [7, 11) is 0. The van der Waals surface area contributed by atoms with E-state index in [-0.39, 0.29) is 6.10 Å². The smallest absolute Gasteiger partial charge is 0.257 e. The maximum Gasteiger partial charge on any atom is 0.257 e. The molecule has 0 radical (unpaired) electrons. The summed E-state index contributed by atoms with van der Waals surface area (Å²) in [5, 5.41) is 18.1. The van der Waals surface area contributed by atoms with Crippen LogP contribution in [0.5, 0.6) is 0 Å². The van der Waals surface area contributed by atoms with E-state index in [1.54, 1.807) is 11.3 Å². The van der Waals surface area contributed by atoms with Crippen LogP contribution in [0.25, 0.3) is 10.8 Å². The number of aromatic nitrogens is 2. The van der Waals surface area contributed by atoms with Crippen molar-refractivity contribution in [2.75, 3.05) is 13.1 Å². The fraction of sp³-hybridized carbons (Fsp3) is 0.538. The highest BCUT2D eigenvalue weighted by atomic mass is 79.9. The van der Waals surface area contributed by atoms with Crippen molar-refractivity contribution >= 4 is 27.3 Å². The van der Waals surface area contributed by atoms with E-state index in [9.17, 15) is 5.11 Å². The maximum absolute atomic E-state index is 9.90. The number of nitrogens with zero attached hydrogens (tertiary/aromatic N) is 3. The van der Waals surface area contributed by atoms with E-state index >= 15 is 0 Å². The molecule has 7 heteroatoms. The van der Waals surface area contributed by atoms with Gasteiger partial charge in [-0.2, -0.15) is 0 Å². The molecule has 0 spiro atoms. The van der Waals surface area contributed by atoms with Crippen LogP contribution in [-0.2, 0) is 6.54 Å². The fourth-order valence-electron chi connectivity index (χ4n) is 2.30. The normalized spacial score (nSPS) is 24.1. The Kier molecular flexibility index (Phi) is 4.21. The number of thiophene rings is 1. The van der Waals surface area contributed by atoms with E-state index in [1.807, 2.05) is 12.1 Å². The molecule has 1 saturated heterocycles. The molecule has 3 heterocycles. The Morgan fingerprint density at radius 1 is 1.50 bits per heavy atom. The van der Waals surface area contributed by atoms with Gasteiger partial charge in [0.15, 0.2) is 0 Å². The van der Waals surface area contributed by atoms with Gasteiger partial charge < -0.3 is 9.52 Å². The van der Waals surface area contributed by atoms with Crippen LogP contribution in [0.2, 0.25) is 0 Å². The van der Waals surface area contributed by atoms with Gasteiger partial charge in [0, 0.05) is 6.54 Å². The molecule has 0 amide bonds. The first-order chi connectivity index (χ1) is 9.61. The van der Waals surface area contributed by atoms with Crippen LogP contribution < -0.4 is 0 Å². The van der Waals surface area contributed by atoms with Gasteiger partial charge in [0.2, 0.25) is 5.89 Å². The molecule has 3 rings (SSSR count). The van der Waals surface area contributed by atoms with Gasteiger partial charge in [0.05, 0.1) is 21.3 Å². The van der Waals surface area contributed by atoms with Crippen molar-refractivity contribution in [3.8, 4) is 10.8 Å². The molecule has 0 saturated carbocycles. The number of hydrogen-bond donors (Lipinski definition) is 1. The third-order valence-electron chi connectivity index (χ3n) is 3.61. The van der Waals surface area contributed by atoms with Crippen LogP contribution >= 0.6 is 27.3 Å². The number of piperidine rings is 1. The van der Waals surface area contributed by atoms with E-state index in [0.717, 1.165) is 21.6 Å². The van der Waals surface area contributed by atoms with E-state index in [1.165, 1.54) is 0 Å². The molecule has 1 aliphatic rings. The molecule has 20 heavy (non-hydrogen) atoms. The molecule has 1 fully saturated rings. The third kappa shape index (κ3) is 3.11. The fourth-order valence-corrected chi connectivity index (χ4v) is 3.60. The Labute approximate surface area is 129 Å². The summed E-state index contributed by atoms with van der Waals surface area (Å²) < 4.78 is 6.73. The monoisotopic (exact) mass is 357 g/mol. The predicted molar refractivity (Wildman–Crippen MR) is 80.4 cm³/mol. The zero-order valence-electron chi connectivity index (χ0n) is 11.1. The zero-order valence-corrected chi connectivity index (χ0v) is 13.5. The molecule has 5 nitrogen and oxygen atoms in total. The number of aliphatic hydroxyl groups is 1. The van der Waals surface area contributed by atoms with Crippen molar-refractivity contribution in [3.05, 3.63) is 21.8 Å². The molecule has 108 valence electrons. The molecule has 2 aromatic rings. The number of hydrogen-bond acceptors (Lipinski definition) is 6. The van der Waals surface area contributed by atoms with Gasteiger partial charge in [0.1, 0.15) is 0 Å². The number of aliphatic hydroxyl groups excluding tert-OH is 1. The quantitative estimate of drug-likeness (QED) is 0.914. The van der Waals surface area contributed by atoms with Crippen molar-refractivity contribution in [1.82, 2.24) is 15.1 Å². The lowest BCUT2D eigenvalue weighted by Gasteiger charge is -2.33. The number of halogens is 1. The average Bonchev–Trinajstić information content (AvgIpc) is 3.03. The van der Waals surface area contributed by atoms with Crippen LogP contribution in [0.1, 0.15) is 19.2 Å². The second-order valence-corrected chi connectivity index (χ2v) is 7.64. The molecular weight excluding hydrogens is 342 g/mol. The molecule has 1 aliphatic heterocycles. The Bertz CT molecular complexity index is 586. The molecule has 0 aliphatic carbocycles. The van der Waals surface area contributed by atoms with Crippen molar-refractivity contribution in [3.63, 3.8) is 0 Å². The van der Waals surface area contributed by atoms with Crippen molar-refractivity contribution in [2.24, 2.45) is 5.92 Å². The summed E-state index contributed by atoms with van der Waals surface area (Å²) >= 11 is 4.99. The minimum Gasteiger partial charge on any atom is -0.419 e. The lowest BCUT2D eigenvalue weighted by molar-refractivity contribution is 0.0228. The maximum atomic E-state index is 9.90. The average molecular weight is 358 g/mol. The van der Waals surface area contributed by atoms with Gasteiger partial charge in [-0.25, -0.2) is 0 Å². The summed E-state index contributed by atoms with van der Waals surface area (Å²) in [4.78, 5) is 3.12. The Balaban J connectivity index is 1.66. The van der Waals surface area contributed by atoms with Gasteiger partial charge in [0.25, 0.3) is 5.89 Å². The Morgan fingerprint density at radius 2 is 2.35 bits per heavy atom. The number of rotatable bonds is 3. The summed E-state index contributed by atoms with van der Waals surface area (Å²) in [6.07, 6.45) is 0.736. The van der Waals surface area contributed by atoms with Crippen molar-refractivity contribution in [1.29, 1.82) is 0 Å². The topological polar surface area (TPSA) is 62.4 Å². The lowest BCUT2D eigenvalue weighted by atomic mass is 9.96. The van der Waals surface area contributed by atoms with Gasteiger partial charge in [-0.1, -0.05) is 6.92 Å². The first kappa shape index (κ1) is 14.2. The van der Waals surface area contributed by atoms with E-state index in [0.29, 0.717) is 30.8 Å². The highest BCUT2D eigenvalue weighted by Crippen LogP contribution is 2.30. The first-order valence-corrected chi connectivity index (χ1v) is 8.21. The zero-order chi connectivity index (χ0) is 14.1. The largest absolute Gasteiger partial charge is 0.419 e. The molecule has 2 atom stereocenters. The van der Waals surface area contributed by atoms with Crippen molar-refractivity contribution < 1.29 is 9.52 Å². The van der Waals surface area contributed by atoms with Crippen LogP contribution in [0.15, 0.2) is 20.3 Å². The van der Waals surface area contributed by atoms with E-state index < -0.39 is 0 Å². The first-order valence-electron chi connectivity index (χ1n) is 6.60. The highest BCUT2D eigenvalue weighted by Gasteiger charge is 2.25. The third-order valence-corrected chi connectivity index (χ3v) is 5.22. The number of likely N-dealkylation sites (tertiary alicyclic amines) is 1. The molecule has 0 bridgehead atoms. The molecule has 2 unspecified atom stereocenters. The Morgan fingerprint density at radius 3 is 3.05 bits per heavy atom. The number of β-amino-alcohol motifs (C(OH)–C–C–N with tert-alkyl or cyclic N) is 1. The molecule has 0 aromatic carbocycles.